The third-order valence-corrected chi connectivity index (χ3v) is 18.7. The second kappa shape index (κ2) is 49.7. The highest BCUT2D eigenvalue weighted by Gasteiger charge is 2.19. The van der Waals surface area contributed by atoms with Gasteiger partial charge in [-0.25, -0.2) is 0 Å². The summed E-state index contributed by atoms with van der Waals surface area (Å²) in [5.74, 6) is 7.06. The fourth-order valence-electron chi connectivity index (χ4n) is 12.4. The van der Waals surface area contributed by atoms with Crippen LogP contribution in [0, 0.1) is 23.7 Å². The molecule has 0 saturated heterocycles. The van der Waals surface area contributed by atoms with Crippen LogP contribution in [0.15, 0.2) is 95.1 Å². The van der Waals surface area contributed by atoms with E-state index in [2.05, 4.69) is 159 Å². The van der Waals surface area contributed by atoms with Crippen molar-refractivity contribution in [2.75, 3.05) is 26.4 Å². The Balaban J connectivity index is 0.000000500. The van der Waals surface area contributed by atoms with Crippen molar-refractivity contribution in [1.29, 1.82) is 0 Å². The summed E-state index contributed by atoms with van der Waals surface area (Å²) in [7, 11) is 0. The van der Waals surface area contributed by atoms with Crippen LogP contribution in [0.4, 0.5) is 0 Å². The average Bonchev–Trinajstić information content (AvgIpc) is 0.872. The van der Waals surface area contributed by atoms with E-state index in [1.807, 2.05) is 24.3 Å². The second-order valence-electron chi connectivity index (χ2n) is 29.7. The lowest BCUT2D eigenvalue weighted by Gasteiger charge is -2.18. The van der Waals surface area contributed by atoms with E-state index in [0.29, 0.717) is 74.1 Å². The molecule has 0 saturated carbocycles. The lowest BCUT2D eigenvalue weighted by atomic mass is 9.93. The van der Waals surface area contributed by atoms with Crippen LogP contribution >= 0.6 is 0 Å². The third kappa shape index (κ3) is 36.2. The molecule has 0 aliphatic rings. The molecule has 540 valence electrons. The normalized spacial score (nSPS) is 12.4. The molecule has 0 aliphatic heterocycles. The van der Waals surface area contributed by atoms with Gasteiger partial charge >= 0.3 is 0 Å². The summed E-state index contributed by atoms with van der Waals surface area (Å²) in [5.41, 5.74) is 13.3. The zero-order valence-corrected chi connectivity index (χ0v) is 64.1. The number of hydrogen-bond donors (Lipinski definition) is 4. The highest BCUT2D eigenvalue weighted by Crippen LogP contribution is 2.38. The van der Waals surface area contributed by atoms with Gasteiger partial charge < -0.3 is 39.4 Å². The van der Waals surface area contributed by atoms with Gasteiger partial charge in [0.15, 0.2) is 0 Å². The minimum absolute atomic E-state index is 0.308. The summed E-state index contributed by atoms with van der Waals surface area (Å²) in [6, 6.07) is 16.3. The molecular weight excluding hydrogens is 1180 g/mol. The predicted octanol–water partition coefficient (Wildman–Crippen LogP) is 25.3. The summed E-state index contributed by atoms with van der Waals surface area (Å²) in [4.78, 5) is 0. The Kier molecular flexibility index (Phi) is 43.7. The summed E-state index contributed by atoms with van der Waals surface area (Å²) in [6.45, 7) is 37.0. The number of aryl methyl sites for hydroxylation is 4. The van der Waals surface area contributed by atoms with Crippen LogP contribution in [-0.4, -0.2) is 46.9 Å². The first kappa shape index (κ1) is 84.5. The molecule has 0 radical (unpaired) electrons. The highest BCUT2D eigenvalue weighted by molar-refractivity contribution is 5.51. The second-order valence-corrected chi connectivity index (χ2v) is 29.7. The fraction of sp³-hybridized carbons (Fsp3) is 0.636. The quantitative estimate of drug-likeness (QED) is 0.0255. The molecule has 2 atom stereocenters. The van der Waals surface area contributed by atoms with Gasteiger partial charge in [-0.1, -0.05) is 206 Å². The molecule has 0 spiro atoms. The van der Waals surface area contributed by atoms with Crippen LogP contribution in [-0.2, 0) is 51.4 Å². The number of aromatic hydroxyl groups is 4. The lowest BCUT2D eigenvalue weighted by molar-refractivity contribution is 0.213. The van der Waals surface area contributed by atoms with Crippen molar-refractivity contribution in [2.24, 2.45) is 23.7 Å². The molecule has 4 rings (SSSR count). The molecule has 8 nitrogen and oxygen atoms in total. The first-order chi connectivity index (χ1) is 46.1. The van der Waals surface area contributed by atoms with E-state index in [1.165, 1.54) is 99.3 Å². The Bertz CT molecular complexity index is 2700. The third-order valence-electron chi connectivity index (χ3n) is 18.7. The number of hydrogen-bond acceptors (Lipinski definition) is 8. The monoisotopic (exact) mass is 1330 g/mol. The number of allylic oxidation sites excluding steroid dienone is 8. The number of rotatable bonds is 50. The van der Waals surface area contributed by atoms with Crippen LogP contribution in [0.3, 0.4) is 0 Å². The SMILES string of the molecule is CCCCCc1cc(O)c(C/C=C(\C)CCC=C(C)C)c(OCCOc2cc(CCCCC)cc(O)c2CC[C@@H](C)CCCC(C)C)c1.CCCCCc1cc(O)c(C/C=C(\C)CCC=C(C)C)c(OCCOc2cc(CCCCC)cc(O)c2CC[C@H](C)CCCC(C)C)c1. The summed E-state index contributed by atoms with van der Waals surface area (Å²) in [5, 5.41) is 44.5. The molecule has 0 heterocycles. The summed E-state index contributed by atoms with van der Waals surface area (Å²) >= 11 is 0. The van der Waals surface area contributed by atoms with Crippen LogP contribution in [0.2, 0.25) is 0 Å². The number of benzene rings is 4. The molecule has 0 amide bonds. The van der Waals surface area contributed by atoms with Crippen LogP contribution in [0.25, 0.3) is 0 Å². The highest BCUT2D eigenvalue weighted by atomic mass is 16.5. The Hall–Kier alpha value is -5.76. The van der Waals surface area contributed by atoms with Gasteiger partial charge in [0.2, 0.25) is 0 Å². The Morgan fingerprint density at radius 1 is 0.333 bits per heavy atom. The number of phenols is 4. The molecule has 96 heavy (non-hydrogen) atoms. The van der Waals surface area contributed by atoms with Gasteiger partial charge in [0, 0.05) is 22.3 Å². The van der Waals surface area contributed by atoms with Gasteiger partial charge in [-0.15, -0.1) is 0 Å². The van der Waals surface area contributed by atoms with Gasteiger partial charge in [0.1, 0.15) is 72.4 Å². The van der Waals surface area contributed by atoms with Gasteiger partial charge in [0.25, 0.3) is 0 Å². The maximum Gasteiger partial charge on any atom is 0.126 e. The zero-order chi connectivity index (χ0) is 70.6. The smallest absolute Gasteiger partial charge is 0.126 e. The van der Waals surface area contributed by atoms with Crippen molar-refractivity contribution in [1.82, 2.24) is 0 Å². The molecule has 0 aromatic heterocycles. The number of ether oxygens (including phenoxy) is 4. The topological polar surface area (TPSA) is 118 Å². The van der Waals surface area contributed by atoms with E-state index in [0.717, 1.165) is 195 Å². The van der Waals surface area contributed by atoms with Crippen LogP contribution in [0.1, 0.15) is 309 Å². The minimum Gasteiger partial charge on any atom is -0.508 e. The van der Waals surface area contributed by atoms with E-state index in [1.54, 1.807) is 0 Å². The predicted molar refractivity (Wildman–Crippen MR) is 412 cm³/mol. The average molecular weight is 1330 g/mol. The summed E-state index contributed by atoms with van der Waals surface area (Å²) < 4.78 is 25.6. The first-order valence-corrected chi connectivity index (χ1v) is 38.5. The Morgan fingerprint density at radius 2 is 0.615 bits per heavy atom. The largest absolute Gasteiger partial charge is 0.508 e. The molecule has 4 aromatic rings. The van der Waals surface area contributed by atoms with Crippen molar-refractivity contribution in [3.8, 4) is 46.0 Å². The minimum atomic E-state index is 0.308. The molecule has 8 heteroatoms. The van der Waals surface area contributed by atoms with Gasteiger partial charge in [-0.3, -0.25) is 0 Å². The lowest BCUT2D eigenvalue weighted by Crippen LogP contribution is -2.12. The number of phenolic OH excluding ortho intramolecular Hbond substituents is 4. The maximum atomic E-state index is 11.1. The van der Waals surface area contributed by atoms with E-state index in [-0.39, 0.29) is 0 Å². The fourth-order valence-corrected chi connectivity index (χ4v) is 12.4. The van der Waals surface area contributed by atoms with Crippen LogP contribution < -0.4 is 18.9 Å². The van der Waals surface area contributed by atoms with E-state index in [4.69, 9.17) is 18.9 Å². The van der Waals surface area contributed by atoms with Crippen molar-refractivity contribution >= 4 is 0 Å². The van der Waals surface area contributed by atoms with Crippen molar-refractivity contribution in [2.45, 2.75) is 316 Å². The van der Waals surface area contributed by atoms with Gasteiger partial charge in [0.05, 0.1) is 0 Å². The molecular formula is C88H140O8. The Morgan fingerprint density at radius 3 is 0.885 bits per heavy atom. The molecule has 4 N–H and O–H groups in total. The molecule has 0 unspecified atom stereocenters. The maximum absolute atomic E-state index is 11.1. The number of unbranched alkanes of at least 4 members (excludes halogenated alkanes) is 8. The van der Waals surface area contributed by atoms with E-state index < -0.39 is 0 Å². The van der Waals surface area contributed by atoms with Crippen molar-refractivity contribution < 1.29 is 39.4 Å². The van der Waals surface area contributed by atoms with E-state index >= 15 is 0 Å². The molecule has 0 fully saturated rings. The molecule has 0 bridgehead atoms. The van der Waals surface area contributed by atoms with Crippen molar-refractivity contribution in [3.05, 3.63) is 140 Å². The summed E-state index contributed by atoms with van der Waals surface area (Å²) in [6.07, 6.45) is 43.0. The van der Waals surface area contributed by atoms with E-state index in [9.17, 15) is 20.4 Å². The zero-order valence-electron chi connectivity index (χ0n) is 64.1. The molecule has 4 aromatic carbocycles. The van der Waals surface area contributed by atoms with Gasteiger partial charge in [-0.05, 0) is 252 Å². The van der Waals surface area contributed by atoms with Crippen LogP contribution in [0.5, 0.6) is 46.0 Å². The first-order valence-electron chi connectivity index (χ1n) is 38.5. The molecule has 0 aliphatic carbocycles. The Labute approximate surface area is 588 Å². The van der Waals surface area contributed by atoms with Gasteiger partial charge in [-0.2, -0.15) is 0 Å². The van der Waals surface area contributed by atoms with Crippen molar-refractivity contribution in [3.63, 3.8) is 0 Å². The standard InChI is InChI=1S/2C44H70O4/c2*1-9-11-13-21-37-29-41(45)39(25-23-35(7)19-15-17-33(3)4)43(31-37)47-27-28-48-44-32-38(22-14-12-10-2)30-42(46)40(44)26-24-36(8)20-16-18-34(5)6/h2*17,23,29-32,34,36,45-46H,9-16,18-22,24-28H2,1-8H3/b2*35-23+/t2*36-/m10/s1.